The predicted molar refractivity (Wildman–Crippen MR) is 60.5 cm³/mol. The second kappa shape index (κ2) is 4.82. The summed E-state index contributed by atoms with van der Waals surface area (Å²) in [4.78, 5) is 15.5. The van der Waals surface area contributed by atoms with Gasteiger partial charge >= 0.3 is 5.97 Å². The fourth-order valence-corrected chi connectivity index (χ4v) is 1.47. The summed E-state index contributed by atoms with van der Waals surface area (Å²) in [5.74, 6) is -0.344. The zero-order valence-corrected chi connectivity index (χ0v) is 9.83. The first-order chi connectivity index (χ1) is 8.20. The molecule has 0 aliphatic heterocycles. The van der Waals surface area contributed by atoms with E-state index in [9.17, 15) is 4.79 Å². The fraction of sp³-hybridized carbons (Fsp3) is 0.364. The van der Waals surface area contributed by atoms with Gasteiger partial charge in [0.15, 0.2) is 0 Å². The average molecular weight is 234 g/mol. The summed E-state index contributed by atoms with van der Waals surface area (Å²) in [5.41, 5.74) is 1.48. The van der Waals surface area contributed by atoms with E-state index in [-0.39, 0.29) is 5.97 Å². The van der Waals surface area contributed by atoms with Crippen LogP contribution in [-0.4, -0.2) is 31.9 Å². The summed E-state index contributed by atoms with van der Waals surface area (Å²) >= 11 is 0. The van der Waals surface area contributed by atoms with E-state index in [1.165, 1.54) is 6.20 Å². The number of ether oxygens (including phenoxy) is 1. The van der Waals surface area contributed by atoms with Gasteiger partial charge in [-0.05, 0) is 6.92 Å². The van der Waals surface area contributed by atoms with Gasteiger partial charge < -0.3 is 9.30 Å². The largest absolute Gasteiger partial charge is 0.462 e. The van der Waals surface area contributed by atoms with Crippen molar-refractivity contribution in [2.45, 2.75) is 13.5 Å². The third-order valence-corrected chi connectivity index (χ3v) is 2.38. The quantitative estimate of drug-likeness (QED) is 0.735. The van der Waals surface area contributed by atoms with E-state index in [0.29, 0.717) is 18.7 Å². The van der Waals surface area contributed by atoms with Gasteiger partial charge in [0, 0.05) is 13.2 Å². The lowest BCUT2D eigenvalue weighted by Gasteiger charge is -2.01. The summed E-state index contributed by atoms with van der Waals surface area (Å²) in [6, 6.07) is 0. The van der Waals surface area contributed by atoms with Crippen LogP contribution < -0.4 is 0 Å². The van der Waals surface area contributed by atoms with Crippen LogP contribution in [0.4, 0.5) is 0 Å². The van der Waals surface area contributed by atoms with E-state index in [1.807, 2.05) is 11.6 Å². The highest BCUT2D eigenvalue weighted by molar-refractivity contribution is 5.88. The maximum absolute atomic E-state index is 11.4. The molecular weight excluding hydrogens is 220 g/mol. The van der Waals surface area contributed by atoms with E-state index in [0.717, 1.165) is 5.69 Å². The summed E-state index contributed by atoms with van der Waals surface area (Å²) in [6.07, 6.45) is 6.68. The Morgan fingerprint density at radius 3 is 2.94 bits per heavy atom. The minimum Gasteiger partial charge on any atom is -0.462 e. The van der Waals surface area contributed by atoms with E-state index in [4.69, 9.17) is 4.74 Å². The second-order valence-electron chi connectivity index (χ2n) is 3.64. The van der Waals surface area contributed by atoms with E-state index in [1.54, 1.807) is 30.3 Å². The normalized spacial score (nSPS) is 10.5. The van der Waals surface area contributed by atoms with Gasteiger partial charge in [-0.2, -0.15) is 5.10 Å². The minimum atomic E-state index is -0.344. The molecular formula is C11H14N4O2. The smallest absolute Gasteiger partial charge is 0.341 e. The standard InChI is InChI=1S/C11H14N4O2/c1-3-17-11(16)9-4-13-15(6-9)7-10-5-12-8-14(10)2/h4-6,8H,3,7H2,1-2H3. The SMILES string of the molecule is CCOC(=O)c1cnn(Cc2cncn2C)c1. The Morgan fingerprint density at radius 2 is 2.29 bits per heavy atom. The molecule has 2 aromatic heterocycles. The molecule has 0 aliphatic rings. The molecule has 0 saturated heterocycles. The molecule has 90 valence electrons. The molecule has 0 aliphatic carbocycles. The van der Waals surface area contributed by atoms with Gasteiger partial charge in [-0.15, -0.1) is 0 Å². The molecule has 0 aromatic carbocycles. The predicted octanol–water partition coefficient (Wildman–Crippen LogP) is 0.842. The Hall–Kier alpha value is -2.11. The first-order valence-electron chi connectivity index (χ1n) is 5.35. The van der Waals surface area contributed by atoms with Gasteiger partial charge in [-0.3, -0.25) is 4.68 Å². The number of nitrogens with zero attached hydrogens (tertiary/aromatic N) is 4. The number of aromatic nitrogens is 4. The van der Waals surface area contributed by atoms with Gasteiger partial charge in [-0.25, -0.2) is 9.78 Å². The summed E-state index contributed by atoms with van der Waals surface area (Å²) < 4.78 is 8.48. The van der Waals surface area contributed by atoms with Crippen molar-refractivity contribution in [1.29, 1.82) is 0 Å². The van der Waals surface area contributed by atoms with Crippen LogP contribution in [0.5, 0.6) is 0 Å². The van der Waals surface area contributed by atoms with Gasteiger partial charge in [0.25, 0.3) is 0 Å². The molecule has 6 heteroatoms. The van der Waals surface area contributed by atoms with Gasteiger partial charge in [0.1, 0.15) is 0 Å². The van der Waals surface area contributed by atoms with Crippen molar-refractivity contribution in [3.8, 4) is 0 Å². The lowest BCUT2D eigenvalue weighted by molar-refractivity contribution is 0.0526. The lowest BCUT2D eigenvalue weighted by atomic mass is 10.4. The van der Waals surface area contributed by atoms with Crippen LogP contribution in [0.25, 0.3) is 0 Å². The number of carbonyl (C=O) groups excluding carboxylic acids is 1. The zero-order chi connectivity index (χ0) is 12.3. The first-order valence-corrected chi connectivity index (χ1v) is 5.35. The monoisotopic (exact) mass is 234 g/mol. The second-order valence-corrected chi connectivity index (χ2v) is 3.64. The fourth-order valence-electron chi connectivity index (χ4n) is 1.47. The molecule has 6 nitrogen and oxygen atoms in total. The topological polar surface area (TPSA) is 61.9 Å². The minimum absolute atomic E-state index is 0.344. The van der Waals surface area contributed by atoms with Gasteiger partial charge in [-0.1, -0.05) is 0 Å². The van der Waals surface area contributed by atoms with E-state index < -0.39 is 0 Å². The molecule has 0 spiro atoms. The molecule has 0 radical (unpaired) electrons. The van der Waals surface area contributed by atoms with Crippen molar-refractivity contribution in [2.24, 2.45) is 7.05 Å². The highest BCUT2D eigenvalue weighted by atomic mass is 16.5. The van der Waals surface area contributed by atoms with Crippen molar-refractivity contribution in [3.63, 3.8) is 0 Å². The van der Waals surface area contributed by atoms with Gasteiger partial charge in [0.05, 0.1) is 43.1 Å². The number of esters is 1. The number of hydrogen-bond donors (Lipinski definition) is 0. The summed E-state index contributed by atoms with van der Waals surface area (Å²) in [5, 5.41) is 4.11. The molecule has 0 saturated carbocycles. The van der Waals surface area contributed by atoms with Crippen LogP contribution >= 0.6 is 0 Å². The van der Waals surface area contributed by atoms with E-state index >= 15 is 0 Å². The van der Waals surface area contributed by atoms with Crippen molar-refractivity contribution >= 4 is 5.97 Å². The number of imidazole rings is 1. The third kappa shape index (κ3) is 2.52. The molecule has 2 rings (SSSR count). The van der Waals surface area contributed by atoms with Crippen LogP contribution in [0.1, 0.15) is 23.0 Å². The number of aryl methyl sites for hydroxylation is 1. The average Bonchev–Trinajstić information content (AvgIpc) is 2.90. The van der Waals surface area contributed by atoms with Crippen molar-refractivity contribution in [3.05, 3.63) is 36.2 Å². The Balaban J connectivity index is 2.09. The molecule has 17 heavy (non-hydrogen) atoms. The molecule has 0 fully saturated rings. The van der Waals surface area contributed by atoms with E-state index in [2.05, 4.69) is 10.1 Å². The van der Waals surface area contributed by atoms with Crippen LogP contribution in [0, 0.1) is 0 Å². The highest BCUT2D eigenvalue weighted by Crippen LogP contribution is 2.04. The maximum atomic E-state index is 11.4. The Labute approximate surface area is 98.8 Å². The third-order valence-electron chi connectivity index (χ3n) is 2.38. The van der Waals surface area contributed by atoms with Crippen LogP contribution in [-0.2, 0) is 18.3 Å². The Bertz CT molecular complexity index is 515. The van der Waals surface area contributed by atoms with Crippen molar-refractivity contribution in [2.75, 3.05) is 6.61 Å². The molecule has 0 bridgehead atoms. The molecule has 0 atom stereocenters. The molecule has 2 heterocycles. The molecule has 2 aromatic rings. The summed E-state index contributed by atoms with van der Waals surface area (Å²) in [6.45, 7) is 2.72. The number of hydrogen-bond acceptors (Lipinski definition) is 4. The zero-order valence-electron chi connectivity index (χ0n) is 9.83. The van der Waals surface area contributed by atoms with Crippen molar-refractivity contribution in [1.82, 2.24) is 19.3 Å². The highest BCUT2D eigenvalue weighted by Gasteiger charge is 2.09. The Kier molecular flexibility index (Phi) is 3.22. The Morgan fingerprint density at radius 1 is 1.47 bits per heavy atom. The first kappa shape index (κ1) is 11.4. The number of rotatable bonds is 4. The van der Waals surface area contributed by atoms with Gasteiger partial charge in [0.2, 0.25) is 0 Å². The molecule has 0 unspecified atom stereocenters. The number of carbonyl (C=O) groups is 1. The van der Waals surface area contributed by atoms with Crippen LogP contribution in [0.2, 0.25) is 0 Å². The summed E-state index contributed by atoms with van der Waals surface area (Å²) in [7, 11) is 1.91. The van der Waals surface area contributed by atoms with Crippen molar-refractivity contribution < 1.29 is 9.53 Å². The van der Waals surface area contributed by atoms with Crippen LogP contribution in [0.3, 0.4) is 0 Å². The molecule has 0 N–H and O–H groups in total. The van der Waals surface area contributed by atoms with Crippen LogP contribution in [0.15, 0.2) is 24.9 Å². The lowest BCUT2D eigenvalue weighted by Crippen LogP contribution is -2.05. The molecule has 0 amide bonds. The maximum Gasteiger partial charge on any atom is 0.341 e.